The molecule has 1 aliphatic heterocycles. The van der Waals surface area contributed by atoms with Gasteiger partial charge in [-0.15, -0.1) is 0 Å². The monoisotopic (exact) mass is 249 g/mol. The molecule has 2 nitrogen and oxygen atoms in total. The van der Waals surface area contributed by atoms with Crippen molar-refractivity contribution in [2.24, 2.45) is 0 Å². The zero-order valence-corrected chi connectivity index (χ0v) is 11.2. The SMILES string of the molecule is CC(=O)N1CCCC1c1ccc(F)c(C(C)C)c1. The number of hydrogen-bond acceptors (Lipinski definition) is 1. The highest BCUT2D eigenvalue weighted by molar-refractivity contribution is 5.74. The molecular formula is C15H20FNO. The Bertz CT molecular complexity index is 456. The molecule has 1 fully saturated rings. The van der Waals surface area contributed by atoms with E-state index in [2.05, 4.69) is 0 Å². The molecule has 1 heterocycles. The predicted octanol–water partition coefficient (Wildman–Crippen LogP) is 3.63. The Kier molecular flexibility index (Phi) is 3.69. The van der Waals surface area contributed by atoms with Crippen molar-refractivity contribution < 1.29 is 9.18 Å². The fraction of sp³-hybridized carbons (Fsp3) is 0.533. The van der Waals surface area contributed by atoms with E-state index in [0.717, 1.165) is 30.5 Å². The maximum atomic E-state index is 13.7. The number of benzene rings is 1. The molecule has 98 valence electrons. The highest BCUT2D eigenvalue weighted by atomic mass is 19.1. The molecule has 1 saturated heterocycles. The van der Waals surface area contributed by atoms with Gasteiger partial charge in [0.2, 0.25) is 5.91 Å². The molecule has 2 rings (SSSR count). The van der Waals surface area contributed by atoms with E-state index in [1.165, 1.54) is 6.07 Å². The van der Waals surface area contributed by atoms with Crippen LogP contribution in [0, 0.1) is 5.82 Å². The Hall–Kier alpha value is -1.38. The number of carbonyl (C=O) groups is 1. The summed E-state index contributed by atoms with van der Waals surface area (Å²) in [6, 6.07) is 5.39. The lowest BCUT2D eigenvalue weighted by Crippen LogP contribution is -2.28. The molecule has 3 heteroatoms. The van der Waals surface area contributed by atoms with E-state index in [1.807, 2.05) is 30.9 Å². The lowest BCUT2D eigenvalue weighted by atomic mass is 9.96. The third-order valence-electron chi connectivity index (χ3n) is 3.68. The Morgan fingerprint density at radius 2 is 2.17 bits per heavy atom. The minimum Gasteiger partial charge on any atom is -0.336 e. The molecule has 18 heavy (non-hydrogen) atoms. The fourth-order valence-corrected chi connectivity index (χ4v) is 2.70. The quantitative estimate of drug-likeness (QED) is 0.783. The average molecular weight is 249 g/mol. The molecule has 0 bridgehead atoms. The molecule has 0 radical (unpaired) electrons. The maximum Gasteiger partial charge on any atom is 0.219 e. The average Bonchev–Trinajstić information content (AvgIpc) is 2.78. The molecule has 0 saturated carbocycles. The van der Waals surface area contributed by atoms with E-state index < -0.39 is 0 Å². The second kappa shape index (κ2) is 5.09. The number of likely N-dealkylation sites (tertiary alicyclic amines) is 1. The van der Waals surface area contributed by atoms with Crippen LogP contribution >= 0.6 is 0 Å². The van der Waals surface area contributed by atoms with Crippen molar-refractivity contribution >= 4 is 5.91 Å². The van der Waals surface area contributed by atoms with Crippen molar-refractivity contribution in [3.8, 4) is 0 Å². The number of rotatable bonds is 2. The lowest BCUT2D eigenvalue weighted by Gasteiger charge is -2.24. The van der Waals surface area contributed by atoms with E-state index in [-0.39, 0.29) is 23.7 Å². The molecule has 0 spiro atoms. The summed E-state index contributed by atoms with van der Waals surface area (Å²) in [5, 5.41) is 0. The summed E-state index contributed by atoms with van der Waals surface area (Å²) >= 11 is 0. The van der Waals surface area contributed by atoms with Gasteiger partial charge < -0.3 is 4.90 Å². The first-order valence-electron chi connectivity index (χ1n) is 6.57. The van der Waals surface area contributed by atoms with Crippen molar-refractivity contribution in [2.75, 3.05) is 6.54 Å². The molecule has 0 aromatic heterocycles. The summed E-state index contributed by atoms with van der Waals surface area (Å²) in [5.41, 5.74) is 1.80. The van der Waals surface area contributed by atoms with Crippen LogP contribution < -0.4 is 0 Å². The summed E-state index contributed by atoms with van der Waals surface area (Å²) in [6.07, 6.45) is 2.00. The van der Waals surface area contributed by atoms with Gasteiger partial charge in [0.05, 0.1) is 6.04 Å². The van der Waals surface area contributed by atoms with Gasteiger partial charge in [-0.25, -0.2) is 4.39 Å². The molecule has 1 unspecified atom stereocenters. The summed E-state index contributed by atoms with van der Waals surface area (Å²) < 4.78 is 13.7. The molecular weight excluding hydrogens is 229 g/mol. The molecule has 1 aliphatic rings. The standard InChI is InChI=1S/C15H20FNO/c1-10(2)13-9-12(6-7-14(13)16)15-5-4-8-17(15)11(3)18/h6-7,9-10,15H,4-5,8H2,1-3H3. The van der Waals surface area contributed by atoms with Gasteiger partial charge in [-0.3, -0.25) is 4.79 Å². The minimum absolute atomic E-state index is 0.105. The van der Waals surface area contributed by atoms with Crippen molar-refractivity contribution in [2.45, 2.75) is 45.6 Å². The molecule has 1 aromatic carbocycles. The summed E-state index contributed by atoms with van der Waals surface area (Å²) in [4.78, 5) is 13.5. The Morgan fingerprint density at radius 3 is 2.78 bits per heavy atom. The highest BCUT2D eigenvalue weighted by Gasteiger charge is 2.28. The number of carbonyl (C=O) groups excluding carboxylic acids is 1. The van der Waals surface area contributed by atoms with Crippen LogP contribution in [0.15, 0.2) is 18.2 Å². The molecule has 0 N–H and O–H groups in total. The fourth-order valence-electron chi connectivity index (χ4n) is 2.70. The summed E-state index contributed by atoms with van der Waals surface area (Å²) in [6.45, 7) is 6.39. The predicted molar refractivity (Wildman–Crippen MR) is 69.9 cm³/mol. The third kappa shape index (κ3) is 2.40. The Labute approximate surface area is 108 Å². The van der Waals surface area contributed by atoms with Gasteiger partial charge in [-0.05, 0) is 36.0 Å². The largest absolute Gasteiger partial charge is 0.336 e. The second-order valence-corrected chi connectivity index (χ2v) is 5.31. The van der Waals surface area contributed by atoms with Gasteiger partial charge in [-0.1, -0.05) is 26.0 Å². The first-order chi connectivity index (χ1) is 8.50. The van der Waals surface area contributed by atoms with Crippen molar-refractivity contribution in [1.82, 2.24) is 4.90 Å². The summed E-state index contributed by atoms with van der Waals surface area (Å²) in [7, 11) is 0. The highest BCUT2D eigenvalue weighted by Crippen LogP contribution is 2.33. The Balaban J connectivity index is 2.33. The van der Waals surface area contributed by atoms with Crippen LogP contribution in [-0.2, 0) is 4.79 Å². The van der Waals surface area contributed by atoms with Crippen LogP contribution in [0.3, 0.4) is 0 Å². The van der Waals surface area contributed by atoms with Gasteiger partial charge in [0.25, 0.3) is 0 Å². The van der Waals surface area contributed by atoms with Crippen LogP contribution in [0.4, 0.5) is 4.39 Å². The molecule has 0 aliphatic carbocycles. The number of hydrogen-bond donors (Lipinski definition) is 0. The second-order valence-electron chi connectivity index (χ2n) is 5.31. The summed E-state index contributed by atoms with van der Waals surface area (Å²) in [5.74, 6) is 0.117. The lowest BCUT2D eigenvalue weighted by molar-refractivity contribution is -0.129. The van der Waals surface area contributed by atoms with Crippen molar-refractivity contribution in [3.63, 3.8) is 0 Å². The zero-order chi connectivity index (χ0) is 13.3. The van der Waals surface area contributed by atoms with Crippen LogP contribution in [0.1, 0.15) is 56.7 Å². The topological polar surface area (TPSA) is 20.3 Å². The van der Waals surface area contributed by atoms with E-state index >= 15 is 0 Å². The smallest absolute Gasteiger partial charge is 0.219 e. The first kappa shape index (κ1) is 13.1. The van der Waals surface area contributed by atoms with Crippen LogP contribution in [0.2, 0.25) is 0 Å². The number of nitrogens with zero attached hydrogens (tertiary/aromatic N) is 1. The van der Waals surface area contributed by atoms with E-state index in [4.69, 9.17) is 0 Å². The van der Waals surface area contributed by atoms with Gasteiger partial charge in [-0.2, -0.15) is 0 Å². The minimum atomic E-state index is -0.152. The first-order valence-corrected chi connectivity index (χ1v) is 6.57. The van der Waals surface area contributed by atoms with E-state index in [9.17, 15) is 9.18 Å². The van der Waals surface area contributed by atoms with Gasteiger partial charge in [0.1, 0.15) is 5.82 Å². The van der Waals surface area contributed by atoms with Gasteiger partial charge in [0.15, 0.2) is 0 Å². The molecule has 1 amide bonds. The molecule has 1 atom stereocenters. The van der Waals surface area contributed by atoms with Gasteiger partial charge in [0, 0.05) is 13.5 Å². The maximum absolute atomic E-state index is 13.7. The van der Waals surface area contributed by atoms with Crippen molar-refractivity contribution in [1.29, 1.82) is 0 Å². The molecule has 1 aromatic rings. The zero-order valence-electron chi connectivity index (χ0n) is 11.2. The Morgan fingerprint density at radius 1 is 1.44 bits per heavy atom. The van der Waals surface area contributed by atoms with E-state index in [1.54, 1.807) is 6.92 Å². The number of halogens is 1. The van der Waals surface area contributed by atoms with Crippen molar-refractivity contribution in [3.05, 3.63) is 35.1 Å². The van der Waals surface area contributed by atoms with Gasteiger partial charge >= 0.3 is 0 Å². The van der Waals surface area contributed by atoms with E-state index in [0.29, 0.717) is 0 Å². The number of amides is 1. The third-order valence-corrected chi connectivity index (χ3v) is 3.68. The normalized spacial score (nSPS) is 19.6. The van der Waals surface area contributed by atoms with Crippen LogP contribution in [0.5, 0.6) is 0 Å². The van der Waals surface area contributed by atoms with Crippen LogP contribution in [0.25, 0.3) is 0 Å². The van der Waals surface area contributed by atoms with Crippen LogP contribution in [-0.4, -0.2) is 17.4 Å².